The van der Waals surface area contributed by atoms with Crippen molar-refractivity contribution in [3.05, 3.63) is 99.8 Å². The first kappa shape index (κ1) is 19.9. The Labute approximate surface area is 189 Å². The molecule has 1 aliphatic heterocycles. The van der Waals surface area contributed by atoms with E-state index in [1.807, 2.05) is 0 Å². The fraction of sp³-hybridized carbons (Fsp3) is 0.167. The molecule has 2 amide bonds. The van der Waals surface area contributed by atoms with Gasteiger partial charge in [0.05, 0.1) is 6.57 Å². The maximum atomic E-state index is 13.8. The van der Waals surface area contributed by atoms with Crippen LogP contribution in [0.25, 0.3) is 4.85 Å². The van der Waals surface area contributed by atoms with E-state index < -0.39 is 11.3 Å². The van der Waals surface area contributed by atoms with E-state index in [9.17, 15) is 9.90 Å². The van der Waals surface area contributed by atoms with Gasteiger partial charge in [-0.1, -0.05) is 41.4 Å². The van der Waals surface area contributed by atoms with Crippen molar-refractivity contribution in [1.82, 2.24) is 0 Å². The Hall–Kier alpha value is -3.04. The molecule has 0 aromatic heterocycles. The highest BCUT2D eigenvalue weighted by Gasteiger charge is 2.74. The van der Waals surface area contributed by atoms with Gasteiger partial charge in [0.15, 0.2) is 11.4 Å². The second-order valence-electron chi connectivity index (χ2n) is 7.77. The number of anilines is 2. The average molecular weight is 450 g/mol. The standard InChI is InChI=1S/C24H17Cl2N3O2/c1-27-19-4-2-3-16(15-19)24(31)23(13-14-23)28(20-9-5-17(25)6-10-20)22(30)29(24)21-11-7-18(26)8-12-21/h2-12,15,31H,13-14H2. The Morgan fingerprint density at radius 1 is 0.871 bits per heavy atom. The van der Waals surface area contributed by atoms with Crippen LogP contribution in [0, 0.1) is 6.57 Å². The van der Waals surface area contributed by atoms with Gasteiger partial charge in [0.25, 0.3) is 0 Å². The number of carbonyl (C=O) groups is 1. The number of carbonyl (C=O) groups excluding carboxylic acids is 1. The first-order chi connectivity index (χ1) is 14.9. The zero-order chi connectivity index (χ0) is 21.8. The van der Waals surface area contributed by atoms with Gasteiger partial charge in [-0.25, -0.2) is 9.64 Å². The van der Waals surface area contributed by atoms with Gasteiger partial charge in [-0.3, -0.25) is 9.80 Å². The Balaban J connectivity index is 1.74. The van der Waals surface area contributed by atoms with Crippen molar-refractivity contribution in [1.29, 1.82) is 0 Å². The summed E-state index contributed by atoms with van der Waals surface area (Å²) >= 11 is 12.1. The lowest BCUT2D eigenvalue weighted by molar-refractivity contribution is 0.0222. The van der Waals surface area contributed by atoms with E-state index in [-0.39, 0.29) is 6.03 Å². The van der Waals surface area contributed by atoms with Gasteiger partial charge >= 0.3 is 6.03 Å². The number of rotatable bonds is 3. The lowest BCUT2D eigenvalue weighted by atomic mass is 9.91. The molecule has 7 heteroatoms. The molecule has 31 heavy (non-hydrogen) atoms. The monoisotopic (exact) mass is 449 g/mol. The van der Waals surface area contributed by atoms with Gasteiger partial charge in [0.1, 0.15) is 5.54 Å². The van der Waals surface area contributed by atoms with Crippen molar-refractivity contribution in [2.75, 3.05) is 9.80 Å². The molecule has 154 valence electrons. The van der Waals surface area contributed by atoms with Crippen molar-refractivity contribution in [3.63, 3.8) is 0 Å². The summed E-state index contributed by atoms with van der Waals surface area (Å²) in [6.07, 6.45) is 1.23. The zero-order valence-electron chi connectivity index (χ0n) is 16.3. The molecule has 3 aromatic carbocycles. The molecule has 1 saturated carbocycles. The highest BCUT2D eigenvalue weighted by Crippen LogP contribution is 2.62. The van der Waals surface area contributed by atoms with Crippen LogP contribution in [0.3, 0.4) is 0 Å². The minimum atomic E-state index is -1.67. The minimum Gasteiger partial charge on any atom is -0.365 e. The van der Waals surface area contributed by atoms with Crippen LogP contribution >= 0.6 is 23.2 Å². The Morgan fingerprint density at radius 3 is 1.94 bits per heavy atom. The van der Waals surface area contributed by atoms with E-state index >= 15 is 0 Å². The number of amides is 2. The Kier molecular flexibility index (Phi) is 4.49. The molecule has 1 spiro atoms. The van der Waals surface area contributed by atoms with Gasteiger partial charge in [0.2, 0.25) is 0 Å². The summed E-state index contributed by atoms with van der Waals surface area (Å²) in [5.74, 6) is 0. The van der Waals surface area contributed by atoms with Crippen LogP contribution in [-0.2, 0) is 5.72 Å². The third-order valence-corrected chi connectivity index (χ3v) is 6.56. The van der Waals surface area contributed by atoms with Crippen molar-refractivity contribution in [3.8, 4) is 0 Å². The Bertz CT molecular complexity index is 1220. The van der Waals surface area contributed by atoms with E-state index in [1.165, 1.54) is 4.90 Å². The molecule has 2 fully saturated rings. The number of urea groups is 1. The largest absolute Gasteiger partial charge is 0.365 e. The summed E-state index contributed by atoms with van der Waals surface area (Å²) in [6.45, 7) is 7.39. The fourth-order valence-electron chi connectivity index (χ4n) is 4.50. The quantitative estimate of drug-likeness (QED) is 0.472. The fourth-order valence-corrected chi connectivity index (χ4v) is 4.75. The maximum Gasteiger partial charge on any atom is 0.332 e. The van der Waals surface area contributed by atoms with Crippen LogP contribution in [0.5, 0.6) is 0 Å². The van der Waals surface area contributed by atoms with Gasteiger partial charge < -0.3 is 5.11 Å². The van der Waals surface area contributed by atoms with Crippen LogP contribution in [0.15, 0.2) is 72.8 Å². The van der Waals surface area contributed by atoms with E-state index in [0.717, 1.165) is 0 Å². The summed E-state index contributed by atoms with van der Waals surface area (Å²) in [4.78, 5) is 20.4. The number of nitrogens with zero attached hydrogens (tertiary/aromatic N) is 3. The maximum absolute atomic E-state index is 13.8. The zero-order valence-corrected chi connectivity index (χ0v) is 17.8. The van der Waals surface area contributed by atoms with E-state index in [2.05, 4.69) is 4.85 Å². The van der Waals surface area contributed by atoms with Crippen molar-refractivity contribution < 1.29 is 9.90 Å². The van der Waals surface area contributed by atoms with Crippen LogP contribution in [0.2, 0.25) is 10.0 Å². The molecule has 1 aliphatic carbocycles. The smallest absolute Gasteiger partial charge is 0.332 e. The molecule has 1 heterocycles. The van der Waals surface area contributed by atoms with Gasteiger partial charge in [-0.15, -0.1) is 0 Å². The van der Waals surface area contributed by atoms with Crippen LogP contribution in [0.1, 0.15) is 18.4 Å². The number of hydrogen-bond donors (Lipinski definition) is 1. The summed E-state index contributed by atoms with van der Waals surface area (Å²) in [5, 5.41) is 13.4. The van der Waals surface area contributed by atoms with Crippen LogP contribution in [-0.4, -0.2) is 16.7 Å². The third-order valence-electron chi connectivity index (χ3n) is 6.05. The molecular formula is C24H17Cl2N3O2. The van der Waals surface area contributed by atoms with E-state index in [1.54, 1.807) is 77.7 Å². The number of halogens is 2. The lowest BCUT2D eigenvalue weighted by Crippen LogP contribution is -2.51. The first-order valence-electron chi connectivity index (χ1n) is 9.77. The summed E-state index contributed by atoms with van der Waals surface area (Å²) < 4.78 is 0. The van der Waals surface area contributed by atoms with E-state index in [0.29, 0.717) is 45.5 Å². The predicted molar refractivity (Wildman–Crippen MR) is 122 cm³/mol. The molecular weight excluding hydrogens is 433 g/mol. The molecule has 5 nitrogen and oxygen atoms in total. The van der Waals surface area contributed by atoms with Gasteiger partial charge in [-0.05, 0) is 73.0 Å². The Morgan fingerprint density at radius 2 is 1.42 bits per heavy atom. The second kappa shape index (κ2) is 7.00. The van der Waals surface area contributed by atoms with Crippen LogP contribution < -0.4 is 9.80 Å². The topological polar surface area (TPSA) is 48.1 Å². The number of benzene rings is 3. The number of hydrogen-bond acceptors (Lipinski definition) is 2. The summed E-state index contributed by atoms with van der Waals surface area (Å²) in [6, 6.07) is 20.3. The van der Waals surface area contributed by atoms with Gasteiger partial charge in [-0.2, -0.15) is 0 Å². The summed E-state index contributed by atoms with van der Waals surface area (Å²) in [7, 11) is 0. The number of aliphatic hydroxyl groups is 1. The molecule has 0 radical (unpaired) electrons. The SMILES string of the molecule is [C-]#[N+]c1cccc(C2(O)N(c3ccc(Cl)cc3)C(=O)N(c3ccc(Cl)cc3)C23CC3)c1. The average Bonchev–Trinajstić information content (AvgIpc) is 3.55. The van der Waals surface area contributed by atoms with Gasteiger partial charge in [0, 0.05) is 21.4 Å². The van der Waals surface area contributed by atoms with Crippen molar-refractivity contribution >= 4 is 46.3 Å². The lowest BCUT2D eigenvalue weighted by Gasteiger charge is -2.38. The molecule has 3 aromatic rings. The summed E-state index contributed by atoms with van der Waals surface area (Å²) in [5.41, 5.74) is -0.458. The molecule has 1 N–H and O–H groups in total. The predicted octanol–water partition coefficient (Wildman–Crippen LogP) is 6.37. The highest BCUT2D eigenvalue weighted by molar-refractivity contribution is 6.31. The second-order valence-corrected chi connectivity index (χ2v) is 8.65. The van der Waals surface area contributed by atoms with Crippen molar-refractivity contribution in [2.45, 2.75) is 24.1 Å². The molecule has 2 aliphatic rings. The highest BCUT2D eigenvalue weighted by atomic mass is 35.5. The van der Waals surface area contributed by atoms with Crippen molar-refractivity contribution in [2.24, 2.45) is 0 Å². The minimum absolute atomic E-state index is 0.349. The normalized spacial score (nSPS) is 21.4. The third kappa shape index (κ3) is 2.84. The van der Waals surface area contributed by atoms with E-state index in [4.69, 9.17) is 29.8 Å². The molecule has 1 saturated heterocycles. The molecule has 5 rings (SSSR count). The first-order valence-corrected chi connectivity index (χ1v) is 10.5. The molecule has 0 bridgehead atoms. The van der Waals surface area contributed by atoms with Crippen LogP contribution in [0.4, 0.5) is 21.9 Å². The molecule has 1 unspecified atom stereocenters. The molecule has 1 atom stereocenters.